The molecular formula is C17H27N3O2. The normalized spacial score (nSPS) is 11.6. The zero-order valence-corrected chi connectivity index (χ0v) is 13.7. The van der Waals surface area contributed by atoms with Gasteiger partial charge in [0.25, 0.3) is 0 Å². The van der Waals surface area contributed by atoms with E-state index in [0.717, 1.165) is 18.4 Å². The predicted octanol–water partition coefficient (Wildman–Crippen LogP) is 3.07. The number of anilines is 1. The molecule has 22 heavy (non-hydrogen) atoms. The van der Waals surface area contributed by atoms with Crippen LogP contribution in [0.25, 0.3) is 0 Å². The summed E-state index contributed by atoms with van der Waals surface area (Å²) in [5.41, 5.74) is 1.47. The zero-order chi connectivity index (χ0) is 16.4. The molecule has 3 amide bonds. The van der Waals surface area contributed by atoms with Gasteiger partial charge in [-0.2, -0.15) is 0 Å². The van der Waals surface area contributed by atoms with Crippen LogP contribution in [0.15, 0.2) is 24.3 Å². The molecule has 0 aliphatic heterocycles. The molecule has 3 N–H and O–H groups in total. The maximum absolute atomic E-state index is 12.0. The lowest BCUT2D eigenvalue weighted by molar-refractivity contribution is -0.119. The molecule has 0 fully saturated rings. The maximum atomic E-state index is 12.0. The molecule has 0 saturated heterocycles. The van der Waals surface area contributed by atoms with E-state index in [1.54, 1.807) is 13.1 Å². The molecule has 5 heteroatoms. The minimum Gasteiger partial charge on any atom is -0.359 e. The van der Waals surface area contributed by atoms with Crippen LogP contribution in [-0.4, -0.2) is 25.0 Å². The van der Waals surface area contributed by atoms with E-state index < -0.39 is 0 Å². The highest BCUT2D eigenvalue weighted by atomic mass is 16.2. The van der Waals surface area contributed by atoms with Crippen molar-refractivity contribution in [1.82, 2.24) is 10.6 Å². The van der Waals surface area contributed by atoms with Crippen molar-refractivity contribution in [3.05, 3.63) is 29.8 Å². The van der Waals surface area contributed by atoms with Crippen LogP contribution in [0.5, 0.6) is 0 Å². The lowest BCUT2D eigenvalue weighted by Gasteiger charge is -2.16. The number of carbonyl (C=O) groups is 2. The van der Waals surface area contributed by atoms with Gasteiger partial charge < -0.3 is 16.0 Å². The quantitative estimate of drug-likeness (QED) is 0.646. The molecule has 0 spiro atoms. The molecule has 1 rings (SSSR count). The topological polar surface area (TPSA) is 70.2 Å². The van der Waals surface area contributed by atoms with Crippen molar-refractivity contribution in [3.8, 4) is 0 Å². The van der Waals surface area contributed by atoms with Gasteiger partial charge in [-0.1, -0.05) is 44.4 Å². The van der Waals surface area contributed by atoms with Crippen LogP contribution in [0.2, 0.25) is 0 Å². The second kappa shape index (κ2) is 9.82. The van der Waals surface area contributed by atoms with Crippen molar-refractivity contribution >= 4 is 17.6 Å². The Morgan fingerprint density at radius 3 is 2.59 bits per heavy atom. The number of nitrogens with one attached hydrogen (secondary N) is 3. The number of benzene rings is 1. The summed E-state index contributed by atoms with van der Waals surface area (Å²) < 4.78 is 0. The number of urea groups is 1. The highest BCUT2D eigenvalue weighted by Crippen LogP contribution is 2.15. The molecule has 0 aliphatic rings. The molecule has 1 atom stereocenters. The first kappa shape index (κ1) is 18.0. The van der Waals surface area contributed by atoms with Gasteiger partial charge in [-0.25, -0.2) is 4.79 Å². The fourth-order valence-electron chi connectivity index (χ4n) is 2.21. The Labute approximate surface area is 132 Å². The van der Waals surface area contributed by atoms with E-state index in [2.05, 4.69) is 22.9 Å². The van der Waals surface area contributed by atoms with Gasteiger partial charge in [0.15, 0.2) is 0 Å². The summed E-state index contributed by atoms with van der Waals surface area (Å²) in [5, 5.41) is 8.35. The molecule has 1 aromatic rings. The fraction of sp³-hybridized carbons (Fsp3) is 0.529. The second-order valence-electron chi connectivity index (χ2n) is 5.50. The number of hydrogen-bond donors (Lipinski definition) is 3. The molecule has 5 nitrogen and oxygen atoms in total. The molecule has 122 valence electrons. The van der Waals surface area contributed by atoms with Crippen LogP contribution < -0.4 is 16.0 Å². The Bertz CT molecular complexity index is 489. The van der Waals surface area contributed by atoms with Crippen molar-refractivity contribution in [2.45, 2.75) is 52.0 Å². The first-order valence-electron chi connectivity index (χ1n) is 7.92. The van der Waals surface area contributed by atoms with E-state index in [1.165, 1.54) is 12.8 Å². The first-order chi connectivity index (χ1) is 10.6. The van der Waals surface area contributed by atoms with E-state index in [4.69, 9.17) is 0 Å². The highest BCUT2D eigenvalue weighted by Gasteiger charge is 2.11. The number of carbonyl (C=O) groups excluding carboxylic acids is 2. The number of para-hydroxylation sites is 1. The summed E-state index contributed by atoms with van der Waals surface area (Å²) in [6.45, 7) is 4.17. The predicted molar refractivity (Wildman–Crippen MR) is 90.0 cm³/mol. The molecule has 0 radical (unpaired) electrons. The summed E-state index contributed by atoms with van der Waals surface area (Å²) in [6.07, 6.45) is 4.69. The smallest absolute Gasteiger partial charge is 0.319 e. The molecule has 0 saturated carbocycles. The summed E-state index contributed by atoms with van der Waals surface area (Å²) in [6, 6.07) is 7.25. The van der Waals surface area contributed by atoms with Gasteiger partial charge in [-0.15, -0.1) is 0 Å². The van der Waals surface area contributed by atoms with E-state index in [1.807, 2.05) is 25.1 Å². The molecule has 0 heterocycles. The molecule has 1 unspecified atom stereocenters. The summed E-state index contributed by atoms with van der Waals surface area (Å²) >= 11 is 0. The monoisotopic (exact) mass is 305 g/mol. The summed E-state index contributed by atoms with van der Waals surface area (Å²) in [5.74, 6) is -0.0809. The fourth-order valence-corrected chi connectivity index (χ4v) is 2.21. The Morgan fingerprint density at radius 2 is 1.91 bits per heavy atom. The van der Waals surface area contributed by atoms with Crippen molar-refractivity contribution < 1.29 is 9.59 Å². The SMILES string of the molecule is CCCCCC(C)NC(=O)Nc1ccccc1CC(=O)NC. The number of hydrogen-bond acceptors (Lipinski definition) is 2. The van der Waals surface area contributed by atoms with Crippen LogP contribution in [0, 0.1) is 0 Å². The van der Waals surface area contributed by atoms with Gasteiger partial charge in [0, 0.05) is 18.8 Å². The van der Waals surface area contributed by atoms with Gasteiger partial charge in [-0.3, -0.25) is 4.79 Å². The van der Waals surface area contributed by atoms with Crippen molar-refractivity contribution in [2.24, 2.45) is 0 Å². The number of amides is 3. The largest absolute Gasteiger partial charge is 0.359 e. The van der Waals surface area contributed by atoms with Crippen LogP contribution in [0.3, 0.4) is 0 Å². The van der Waals surface area contributed by atoms with E-state index >= 15 is 0 Å². The molecule has 0 aliphatic carbocycles. The van der Waals surface area contributed by atoms with Gasteiger partial charge in [-0.05, 0) is 25.0 Å². The minimum absolute atomic E-state index is 0.0809. The average Bonchev–Trinajstić information content (AvgIpc) is 2.49. The van der Waals surface area contributed by atoms with Gasteiger partial charge >= 0.3 is 6.03 Å². The van der Waals surface area contributed by atoms with Crippen LogP contribution in [-0.2, 0) is 11.2 Å². The third-order valence-electron chi connectivity index (χ3n) is 3.51. The third-order valence-corrected chi connectivity index (χ3v) is 3.51. The summed E-state index contributed by atoms with van der Waals surface area (Å²) in [7, 11) is 1.60. The zero-order valence-electron chi connectivity index (χ0n) is 13.7. The molecule has 0 aromatic heterocycles. The Morgan fingerprint density at radius 1 is 1.18 bits per heavy atom. The highest BCUT2D eigenvalue weighted by molar-refractivity contribution is 5.91. The average molecular weight is 305 g/mol. The van der Waals surface area contributed by atoms with Crippen LogP contribution in [0.4, 0.5) is 10.5 Å². The van der Waals surface area contributed by atoms with Crippen LogP contribution >= 0.6 is 0 Å². The van der Waals surface area contributed by atoms with E-state index in [0.29, 0.717) is 5.69 Å². The maximum Gasteiger partial charge on any atom is 0.319 e. The van der Waals surface area contributed by atoms with Crippen molar-refractivity contribution in [3.63, 3.8) is 0 Å². The number of unbranched alkanes of at least 4 members (excludes halogenated alkanes) is 2. The number of rotatable bonds is 8. The van der Waals surface area contributed by atoms with Gasteiger partial charge in [0.1, 0.15) is 0 Å². The van der Waals surface area contributed by atoms with Crippen molar-refractivity contribution in [2.75, 3.05) is 12.4 Å². The molecule has 1 aromatic carbocycles. The van der Waals surface area contributed by atoms with Gasteiger partial charge in [0.05, 0.1) is 6.42 Å². The molecular weight excluding hydrogens is 278 g/mol. The third kappa shape index (κ3) is 6.61. The standard InChI is InChI=1S/C17H27N3O2/c1-4-5-6-9-13(2)19-17(22)20-15-11-8-7-10-14(15)12-16(21)18-3/h7-8,10-11,13H,4-6,9,12H2,1-3H3,(H,18,21)(H2,19,20,22). The van der Waals surface area contributed by atoms with Crippen molar-refractivity contribution in [1.29, 1.82) is 0 Å². The lowest BCUT2D eigenvalue weighted by Crippen LogP contribution is -2.36. The first-order valence-corrected chi connectivity index (χ1v) is 7.92. The second-order valence-corrected chi connectivity index (χ2v) is 5.50. The minimum atomic E-state index is -0.228. The Kier molecular flexibility index (Phi) is 8.04. The van der Waals surface area contributed by atoms with E-state index in [9.17, 15) is 9.59 Å². The van der Waals surface area contributed by atoms with Crippen LogP contribution in [0.1, 0.15) is 45.1 Å². The Hall–Kier alpha value is -2.04. The number of likely N-dealkylation sites (N-methyl/N-ethyl adjacent to an activating group) is 1. The van der Waals surface area contributed by atoms with E-state index in [-0.39, 0.29) is 24.4 Å². The van der Waals surface area contributed by atoms with Gasteiger partial charge in [0.2, 0.25) is 5.91 Å². The molecule has 0 bridgehead atoms. The summed E-state index contributed by atoms with van der Waals surface area (Å²) in [4.78, 5) is 23.5. The Balaban J connectivity index is 2.55. The lowest BCUT2D eigenvalue weighted by atomic mass is 10.1.